The molecule has 0 aliphatic carbocycles. The van der Waals surface area contributed by atoms with Crippen molar-refractivity contribution in [1.82, 2.24) is 0 Å². The van der Waals surface area contributed by atoms with Gasteiger partial charge in [-0.3, -0.25) is 0 Å². The summed E-state index contributed by atoms with van der Waals surface area (Å²) in [7, 11) is 0. The summed E-state index contributed by atoms with van der Waals surface area (Å²) < 4.78 is 0. The molecule has 86 valence electrons. The van der Waals surface area contributed by atoms with Crippen LogP contribution in [-0.2, 0) is 39.0 Å². The third kappa shape index (κ3) is 8.86. The van der Waals surface area contributed by atoms with E-state index in [0.29, 0.717) is 0 Å². The first-order valence-corrected chi connectivity index (χ1v) is 4.62. The second-order valence-corrected chi connectivity index (χ2v) is 3.08. The number of rotatable bonds is 4. The van der Waals surface area contributed by atoms with Crippen LogP contribution in [0.4, 0.5) is 0 Å². The molecule has 0 aliphatic heterocycles. The van der Waals surface area contributed by atoms with Crippen LogP contribution in [0.3, 0.4) is 0 Å². The number of hydrogen-bond acceptors (Lipinski definition) is 0. The molecule has 0 aromatic heterocycles. The number of aryl methyl sites for hydroxylation is 2. The van der Waals surface area contributed by atoms with E-state index in [9.17, 15) is 0 Å². The standard InChI is InChI=1S/C11H17.3ClH.Zr/c1-3-6-10-8-5-9-11(10)7-4-2;;;;/h5,8-9H,3-4,6-7H2,1-2H3;3*1H;/q-1;;;;+4/p-3. The molecule has 0 saturated heterocycles. The van der Waals surface area contributed by atoms with Gasteiger partial charge in [-0.25, -0.2) is 12.1 Å². The van der Waals surface area contributed by atoms with Gasteiger partial charge in [-0.05, 0) is 0 Å². The van der Waals surface area contributed by atoms with E-state index in [-0.39, 0.29) is 63.4 Å². The van der Waals surface area contributed by atoms with Gasteiger partial charge in [-0.1, -0.05) is 39.5 Å². The van der Waals surface area contributed by atoms with Gasteiger partial charge in [0.15, 0.2) is 0 Å². The van der Waals surface area contributed by atoms with Crippen molar-refractivity contribution in [2.24, 2.45) is 0 Å². The molecule has 0 atom stereocenters. The zero-order chi connectivity index (χ0) is 8.10. The molecule has 0 N–H and O–H groups in total. The molecule has 0 amide bonds. The van der Waals surface area contributed by atoms with E-state index in [1.54, 1.807) is 11.1 Å². The zero-order valence-electron chi connectivity index (χ0n) is 9.19. The Kier molecular flexibility index (Phi) is 25.2. The van der Waals surface area contributed by atoms with Crippen molar-refractivity contribution in [3.8, 4) is 0 Å². The van der Waals surface area contributed by atoms with E-state index in [0.717, 1.165) is 0 Å². The average molecular weight is 347 g/mol. The maximum Gasteiger partial charge on any atom is 4.00 e. The van der Waals surface area contributed by atoms with Crippen molar-refractivity contribution in [3.05, 3.63) is 29.3 Å². The third-order valence-electron chi connectivity index (χ3n) is 2.05. The van der Waals surface area contributed by atoms with E-state index < -0.39 is 0 Å². The fourth-order valence-electron chi connectivity index (χ4n) is 1.52. The molecule has 0 fully saturated rings. The first kappa shape index (κ1) is 25.1. The minimum atomic E-state index is 0. The number of halogens is 3. The van der Waals surface area contributed by atoms with E-state index in [1.165, 1.54) is 25.7 Å². The van der Waals surface area contributed by atoms with Crippen LogP contribution in [0.5, 0.6) is 0 Å². The van der Waals surface area contributed by atoms with Gasteiger partial charge in [0, 0.05) is 0 Å². The van der Waals surface area contributed by atoms with Crippen molar-refractivity contribution in [3.63, 3.8) is 0 Å². The van der Waals surface area contributed by atoms with Crippen molar-refractivity contribution in [1.29, 1.82) is 0 Å². The predicted molar refractivity (Wildman–Crippen MR) is 50.0 cm³/mol. The summed E-state index contributed by atoms with van der Waals surface area (Å²) in [5.74, 6) is 0. The molecule has 0 spiro atoms. The molecule has 0 heterocycles. The summed E-state index contributed by atoms with van der Waals surface area (Å²) in [6.07, 6.45) is 5.03. The zero-order valence-corrected chi connectivity index (χ0v) is 13.9. The average Bonchev–Trinajstić information content (AvgIpc) is 2.39. The normalized spacial score (nSPS) is 7.60. The Labute approximate surface area is 131 Å². The van der Waals surface area contributed by atoms with E-state index >= 15 is 0 Å². The molecular weight excluding hydrogens is 330 g/mol. The molecule has 1 rings (SSSR count). The van der Waals surface area contributed by atoms with Crippen molar-refractivity contribution in [2.45, 2.75) is 39.5 Å². The van der Waals surface area contributed by atoms with Crippen LogP contribution in [0.1, 0.15) is 37.8 Å². The molecule has 1 aromatic rings. The van der Waals surface area contributed by atoms with Gasteiger partial charge in [-0.15, -0.1) is 0 Å². The largest absolute Gasteiger partial charge is 4.00 e. The Balaban J connectivity index is -0.000000151. The van der Waals surface area contributed by atoms with Gasteiger partial charge in [-0.2, -0.15) is 17.2 Å². The molecule has 0 radical (unpaired) electrons. The molecule has 0 saturated carbocycles. The van der Waals surface area contributed by atoms with Gasteiger partial charge >= 0.3 is 26.2 Å². The predicted octanol–water partition coefficient (Wildman–Crippen LogP) is -5.68. The Morgan fingerprint density at radius 3 is 2.13 bits per heavy atom. The molecular formula is C11H17Cl3Zr. The van der Waals surface area contributed by atoms with Crippen molar-refractivity contribution >= 4 is 0 Å². The quantitative estimate of drug-likeness (QED) is 0.477. The molecule has 0 unspecified atom stereocenters. The summed E-state index contributed by atoms with van der Waals surface area (Å²) in [5, 5.41) is 0. The first-order valence-electron chi connectivity index (χ1n) is 4.62. The van der Waals surface area contributed by atoms with Crippen LogP contribution >= 0.6 is 0 Å². The van der Waals surface area contributed by atoms with E-state index in [1.807, 2.05) is 0 Å². The van der Waals surface area contributed by atoms with Gasteiger partial charge in [0.05, 0.1) is 0 Å². The van der Waals surface area contributed by atoms with Crippen LogP contribution in [0.25, 0.3) is 0 Å². The monoisotopic (exact) mass is 344 g/mol. The van der Waals surface area contributed by atoms with Crippen molar-refractivity contribution in [2.75, 3.05) is 0 Å². The van der Waals surface area contributed by atoms with Crippen LogP contribution in [0, 0.1) is 0 Å². The summed E-state index contributed by atoms with van der Waals surface area (Å²) >= 11 is 0. The Morgan fingerprint density at radius 1 is 1.07 bits per heavy atom. The SMILES string of the molecule is CCCc1ccc[c-]1CCC.[Cl-].[Cl-].[Cl-].[Zr+4]. The molecule has 15 heavy (non-hydrogen) atoms. The summed E-state index contributed by atoms with van der Waals surface area (Å²) in [6, 6.07) is 6.69. The van der Waals surface area contributed by atoms with Gasteiger partial charge in [0.25, 0.3) is 0 Å². The molecule has 0 nitrogen and oxygen atoms in total. The van der Waals surface area contributed by atoms with Gasteiger partial charge in [0.2, 0.25) is 0 Å². The molecule has 1 aromatic carbocycles. The number of hydrogen-bond donors (Lipinski definition) is 0. The summed E-state index contributed by atoms with van der Waals surface area (Å²) in [6.45, 7) is 4.48. The Bertz CT molecular complexity index is 191. The molecule has 0 bridgehead atoms. The molecule has 4 heteroatoms. The second kappa shape index (κ2) is 15.1. The van der Waals surface area contributed by atoms with Crippen LogP contribution in [0.15, 0.2) is 18.2 Å². The summed E-state index contributed by atoms with van der Waals surface area (Å²) in [5.41, 5.74) is 3.13. The maximum absolute atomic E-state index is 2.26. The smallest absolute Gasteiger partial charge is 1.00 e. The third-order valence-corrected chi connectivity index (χ3v) is 2.05. The minimum Gasteiger partial charge on any atom is -1.00 e. The Morgan fingerprint density at radius 2 is 1.67 bits per heavy atom. The van der Waals surface area contributed by atoms with Crippen LogP contribution in [-0.4, -0.2) is 0 Å². The van der Waals surface area contributed by atoms with Gasteiger partial charge < -0.3 is 37.2 Å². The minimum absolute atomic E-state index is 0. The van der Waals surface area contributed by atoms with E-state index in [4.69, 9.17) is 0 Å². The summed E-state index contributed by atoms with van der Waals surface area (Å²) in [4.78, 5) is 0. The van der Waals surface area contributed by atoms with Gasteiger partial charge in [0.1, 0.15) is 0 Å². The second-order valence-electron chi connectivity index (χ2n) is 3.08. The van der Waals surface area contributed by atoms with Crippen molar-refractivity contribution < 1.29 is 63.4 Å². The maximum atomic E-state index is 2.26. The fourth-order valence-corrected chi connectivity index (χ4v) is 1.52. The first-order chi connectivity index (χ1) is 5.38. The van der Waals surface area contributed by atoms with E-state index in [2.05, 4.69) is 32.0 Å². The van der Waals surface area contributed by atoms with Crippen LogP contribution in [0.2, 0.25) is 0 Å². The van der Waals surface area contributed by atoms with Crippen LogP contribution < -0.4 is 37.2 Å². The topological polar surface area (TPSA) is 0 Å². The Hall–Kier alpha value is 1.10. The fraction of sp³-hybridized carbons (Fsp3) is 0.545. The molecule has 0 aliphatic rings.